The van der Waals surface area contributed by atoms with Gasteiger partial charge in [0.15, 0.2) is 0 Å². The Kier molecular flexibility index (Phi) is 9.67. The topological polar surface area (TPSA) is 44.4 Å². The van der Waals surface area contributed by atoms with Crippen molar-refractivity contribution in [1.29, 1.82) is 0 Å². The molecule has 1 unspecified atom stereocenters. The summed E-state index contributed by atoms with van der Waals surface area (Å²) < 4.78 is 0. The van der Waals surface area contributed by atoms with Crippen molar-refractivity contribution in [3.8, 4) is 0 Å². The zero-order valence-corrected chi connectivity index (χ0v) is 15.8. The van der Waals surface area contributed by atoms with E-state index in [1.807, 2.05) is 12.1 Å². The third-order valence-electron chi connectivity index (χ3n) is 4.68. The highest BCUT2D eigenvalue weighted by atomic mass is 35.5. The Morgan fingerprint density at radius 2 is 1.92 bits per heavy atom. The Bertz CT molecular complexity index is 501. The van der Waals surface area contributed by atoms with Crippen molar-refractivity contribution in [3.05, 3.63) is 29.8 Å². The number of anilines is 1. The third-order valence-corrected chi connectivity index (χ3v) is 4.68. The minimum Gasteiger partial charge on any atom is -0.325 e. The Balaban J connectivity index is 0.00000144. The molecule has 6 heteroatoms. The number of nitrogens with zero attached hydrogens (tertiary/aromatic N) is 1. The molecule has 0 bridgehead atoms. The lowest BCUT2D eigenvalue weighted by molar-refractivity contribution is -0.118. The standard InChI is InChI=1S/C18H27N3O.2ClH/c22-18(17-9-2-3-10-19-17)20-16-8-6-7-15(13-16)14-21-11-4-1-5-12-21;;/h6-8,13,17,19H,1-5,9-12,14H2,(H,20,22);2*1H. The summed E-state index contributed by atoms with van der Waals surface area (Å²) in [4.78, 5) is 14.8. The van der Waals surface area contributed by atoms with Crippen molar-refractivity contribution in [2.24, 2.45) is 0 Å². The average Bonchev–Trinajstić information content (AvgIpc) is 2.57. The SMILES string of the molecule is Cl.Cl.O=C(Nc1cccc(CN2CCCCC2)c1)C1CCCCN1. The third kappa shape index (κ3) is 6.25. The molecule has 24 heavy (non-hydrogen) atoms. The minimum atomic E-state index is -0.0282. The van der Waals surface area contributed by atoms with Crippen LogP contribution in [0.4, 0.5) is 5.69 Å². The van der Waals surface area contributed by atoms with E-state index in [4.69, 9.17) is 0 Å². The summed E-state index contributed by atoms with van der Waals surface area (Å²) in [5, 5.41) is 6.37. The van der Waals surface area contributed by atoms with Gasteiger partial charge in [0.1, 0.15) is 0 Å². The van der Waals surface area contributed by atoms with E-state index in [9.17, 15) is 4.79 Å². The maximum absolute atomic E-state index is 12.3. The van der Waals surface area contributed by atoms with Crippen LogP contribution < -0.4 is 10.6 Å². The van der Waals surface area contributed by atoms with Gasteiger partial charge >= 0.3 is 0 Å². The number of nitrogens with one attached hydrogen (secondary N) is 2. The Morgan fingerprint density at radius 1 is 1.12 bits per heavy atom. The molecule has 1 amide bonds. The Hall–Kier alpha value is -0.810. The van der Waals surface area contributed by atoms with Crippen LogP contribution >= 0.6 is 24.8 Å². The normalized spacial score (nSPS) is 21.2. The van der Waals surface area contributed by atoms with E-state index in [1.165, 1.54) is 44.3 Å². The second kappa shape index (κ2) is 10.9. The maximum atomic E-state index is 12.3. The molecular formula is C18H29Cl2N3O. The number of hydrogen-bond acceptors (Lipinski definition) is 3. The lowest BCUT2D eigenvalue weighted by Crippen LogP contribution is -2.43. The number of hydrogen-bond donors (Lipinski definition) is 2. The average molecular weight is 374 g/mol. The molecule has 0 radical (unpaired) electrons. The smallest absolute Gasteiger partial charge is 0.241 e. The summed E-state index contributed by atoms with van der Waals surface area (Å²) in [7, 11) is 0. The van der Waals surface area contributed by atoms with Crippen LogP contribution in [0, 0.1) is 0 Å². The van der Waals surface area contributed by atoms with Gasteiger partial charge < -0.3 is 10.6 Å². The molecule has 4 nitrogen and oxygen atoms in total. The van der Waals surface area contributed by atoms with Crippen molar-refractivity contribution < 1.29 is 4.79 Å². The lowest BCUT2D eigenvalue weighted by atomic mass is 10.0. The van der Waals surface area contributed by atoms with E-state index in [0.717, 1.165) is 31.6 Å². The maximum Gasteiger partial charge on any atom is 0.241 e. The van der Waals surface area contributed by atoms with Crippen LogP contribution in [0.3, 0.4) is 0 Å². The van der Waals surface area contributed by atoms with Crippen LogP contribution in [0.15, 0.2) is 24.3 Å². The van der Waals surface area contributed by atoms with E-state index in [2.05, 4.69) is 27.7 Å². The van der Waals surface area contributed by atoms with E-state index in [0.29, 0.717) is 0 Å². The first-order chi connectivity index (χ1) is 10.8. The predicted molar refractivity (Wildman–Crippen MR) is 104 cm³/mol. The van der Waals surface area contributed by atoms with Crippen LogP contribution in [-0.2, 0) is 11.3 Å². The zero-order chi connectivity index (χ0) is 15.2. The molecule has 1 aromatic rings. The molecule has 2 heterocycles. The summed E-state index contributed by atoms with van der Waals surface area (Å²) in [6.45, 7) is 4.34. The first kappa shape index (κ1) is 21.2. The molecule has 0 aliphatic carbocycles. The van der Waals surface area contributed by atoms with Crippen LogP contribution in [0.25, 0.3) is 0 Å². The van der Waals surface area contributed by atoms with Gasteiger partial charge in [0.25, 0.3) is 0 Å². The molecule has 2 fully saturated rings. The number of rotatable bonds is 4. The van der Waals surface area contributed by atoms with Gasteiger partial charge in [-0.3, -0.25) is 9.69 Å². The molecule has 2 saturated heterocycles. The fourth-order valence-corrected chi connectivity index (χ4v) is 3.43. The molecule has 1 aromatic carbocycles. The van der Waals surface area contributed by atoms with Gasteiger partial charge in [-0.15, -0.1) is 24.8 Å². The van der Waals surface area contributed by atoms with Crippen molar-refractivity contribution in [3.63, 3.8) is 0 Å². The van der Waals surface area contributed by atoms with Gasteiger partial charge in [-0.05, 0) is 63.0 Å². The number of piperidine rings is 2. The fourth-order valence-electron chi connectivity index (χ4n) is 3.43. The Morgan fingerprint density at radius 3 is 2.62 bits per heavy atom. The van der Waals surface area contributed by atoms with Crippen LogP contribution in [-0.4, -0.2) is 36.5 Å². The number of benzene rings is 1. The van der Waals surface area contributed by atoms with E-state index in [-0.39, 0.29) is 36.8 Å². The molecule has 2 N–H and O–H groups in total. The molecule has 0 spiro atoms. The van der Waals surface area contributed by atoms with Crippen molar-refractivity contribution in [2.45, 2.75) is 51.1 Å². The van der Waals surface area contributed by atoms with Crippen LogP contribution in [0.1, 0.15) is 44.1 Å². The Labute approximate surface area is 157 Å². The highest BCUT2D eigenvalue weighted by Crippen LogP contribution is 2.17. The minimum absolute atomic E-state index is 0. The predicted octanol–water partition coefficient (Wildman–Crippen LogP) is 3.60. The summed E-state index contributed by atoms with van der Waals surface area (Å²) in [6.07, 6.45) is 7.24. The highest BCUT2D eigenvalue weighted by molar-refractivity contribution is 5.94. The number of likely N-dealkylation sites (tertiary alicyclic amines) is 1. The number of carbonyl (C=O) groups is 1. The summed E-state index contributed by atoms with van der Waals surface area (Å²) in [5.41, 5.74) is 2.21. The van der Waals surface area contributed by atoms with Crippen molar-refractivity contribution >= 4 is 36.4 Å². The monoisotopic (exact) mass is 373 g/mol. The van der Waals surface area contributed by atoms with Crippen molar-refractivity contribution in [2.75, 3.05) is 25.0 Å². The lowest BCUT2D eigenvalue weighted by Gasteiger charge is -2.26. The van der Waals surface area contributed by atoms with Gasteiger partial charge in [-0.2, -0.15) is 0 Å². The molecule has 3 rings (SSSR count). The van der Waals surface area contributed by atoms with E-state index >= 15 is 0 Å². The largest absolute Gasteiger partial charge is 0.325 e. The first-order valence-electron chi connectivity index (χ1n) is 8.67. The zero-order valence-electron chi connectivity index (χ0n) is 14.1. The van der Waals surface area contributed by atoms with Crippen molar-refractivity contribution in [1.82, 2.24) is 10.2 Å². The molecule has 2 aliphatic rings. The van der Waals surface area contributed by atoms with Crippen LogP contribution in [0.5, 0.6) is 0 Å². The molecule has 0 saturated carbocycles. The van der Waals surface area contributed by atoms with E-state index < -0.39 is 0 Å². The molecule has 1 atom stereocenters. The number of amides is 1. The summed E-state index contributed by atoms with van der Waals surface area (Å²) in [6, 6.07) is 8.28. The molecule has 2 aliphatic heterocycles. The summed E-state index contributed by atoms with van der Waals surface area (Å²) in [5.74, 6) is 0.106. The van der Waals surface area contributed by atoms with Gasteiger partial charge in [-0.25, -0.2) is 0 Å². The van der Waals surface area contributed by atoms with Gasteiger partial charge in [0.2, 0.25) is 5.91 Å². The highest BCUT2D eigenvalue weighted by Gasteiger charge is 2.20. The molecule has 0 aromatic heterocycles. The number of carbonyl (C=O) groups excluding carboxylic acids is 1. The molecule has 136 valence electrons. The quantitative estimate of drug-likeness (QED) is 0.847. The fraction of sp³-hybridized carbons (Fsp3) is 0.611. The van der Waals surface area contributed by atoms with E-state index in [1.54, 1.807) is 0 Å². The van der Waals surface area contributed by atoms with Gasteiger partial charge in [0, 0.05) is 12.2 Å². The van der Waals surface area contributed by atoms with Crippen LogP contribution in [0.2, 0.25) is 0 Å². The van der Waals surface area contributed by atoms with Gasteiger partial charge in [0.05, 0.1) is 6.04 Å². The summed E-state index contributed by atoms with van der Waals surface area (Å²) >= 11 is 0. The van der Waals surface area contributed by atoms with Gasteiger partial charge in [-0.1, -0.05) is 25.0 Å². The second-order valence-corrected chi connectivity index (χ2v) is 6.53. The first-order valence-corrected chi connectivity index (χ1v) is 8.67. The number of halogens is 2. The molecular weight excluding hydrogens is 345 g/mol. The second-order valence-electron chi connectivity index (χ2n) is 6.53.